The third-order valence-electron chi connectivity index (χ3n) is 3.54. The lowest BCUT2D eigenvalue weighted by molar-refractivity contribution is 0.0145. The molecule has 19 heavy (non-hydrogen) atoms. The van der Waals surface area contributed by atoms with Crippen LogP contribution >= 0.6 is 0 Å². The van der Waals surface area contributed by atoms with E-state index in [1.807, 2.05) is 0 Å². The monoisotopic (exact) mass is 273 g/mol. The van der Waals surface area contributed by atoms with Crippen LogP contribution in [0.1, 0.15) is 40.0 Å². The van der Waals surface area contributed by atoms with Crippen molar-refractivity contribution in [2.45, 2.75) is 46.1 Å². The molecule has 1 aliphatic carbocycles. The van der Waals surface area contributed by atoms with Crippen molar-refractivity contribution in [2.24, 2.45) is 5.41 Å². The maximum atomic E-state index is 5.50. The molecule has 4 heteroatoms. The molecule has 1 saturated carbocycles. The van der Waals surface area contributed by atoms with Crippen LogP contribution in [0.2, 0.25) is 0 Å². The molecule has 0 aliphatic heterocycles. The summed E-state index contributed by atoms with van der Waals surface area (Å²) >= 11 is 0. The highest BCUT2D eigenvalue weighted by Gasteiger charge is 2.44. The van der Waals surface area contributed by atoms with Gasteiger partial charge in [-0.2, -0.15) is 0 Å². The molecule has 0 spiro atoms. The summed E-state index contributed by atoms with van der Waals surface area (Å²) in [5.74, 6) is 0. The Morgan fingerprint density at radius 1 is 0.947 bits per heavy atom. The third kappa shape index (κ3) is 8.58. The van der Waals surface area contributed by atoms with Gasteiger partial charge in [0.05, 0.1) is 33.0 Å². The smallest absolute Gasteiger partial charge is 0.0701 e. The molecule has 114 valence electrons. The van der Waals surface area contributed by atoms with Gasteiger partial charge in [0, 0.05) is 19.2 Å². The van der Waals surface area contributed by atoms with Crippen LogP contribution in [0.25, 0.3) is 0 Å². The lowest BCUT2D eigenvalue weighted by Crippen LogP contribution is -2.25. The second-order valence-electron chi connectivity index (χ2n) is 5.89. The van der Waals surface area contributed by atoms with E-state index in [9.17, 15) is 0 Å². The van der Waals surface area contributed by atoms with E-state index in [-0.39, 0.29) is 0 Å². The number of hydrogen-bond donors (Lipinski definition) is 1. The average molecular weight is 273 g/mol. The lowest BCUT2D eigenvalue weighted by Gasteiger charge is -2.08. The van der Waals surface area contributed by atoms with Gasteiger partial charge in [-0.3, -0.25) is 0 Å². The zero-order valence-electron chi connectivity index (χ0n) is 12.9. The van der Waals surface area contributed by atoms with Crippen LogP contribution in [-0.2, 0) is 14.2 Å². The maximum absolute atomic E-state index is 5.50. The van der Waals surface area contributed by atoms with E-state index in [1.165, 1.54) is 12.8 Å². The minimum Gasteiger partial charge on any atom is -0.379 e. The van der Waals surface area contributed by atoms with Crippen molar-refractivity contribution in [1.82, 2.24) is 5.32 Å². The van der Waals surface area contributed by atoms with Gasteiger partial charge >= 0.3 is 0 Å². The minimum absolute atomic E-state index is 0.501. The second-order valence-corrected chi connectivity index (χ2v) is 5.89. The van der Waals surface area contributed by atoms with Crippen LogP contribution in [0.15, 0.2) is 0 Å². The van der Waals surface area contributed by atoms with Gasteiger partial charge in [-0.25, -0.2) is 0 Å². The molecule has 0 saturated heterocycles. The molecule has 1 atom stereocenters. The van der Waals surface area contributed by atoms with Crippen molar-refractivity contribution in [1.29, 1.82) is 0 Å². The molecule has 0 aromatic heterocycles. The molecule has 0 heterocycles. The van der Waals surface area contributed by atoms with Crippen LogP contribution in [0.4, 0.5) is 0 Å². The zero-order chi connectivity index (χ0) is 14.0. The first-order valence-corrected chi connectivity index (χ1v) is 7.63. The molecule has 1 unspecified atom stereocenters. The van der Waals surface area contributed by atoms with Crippen molar-refractivity contribution in [3.63, 3.8) is 0 Å². The first-order chi connectivity index (χ1) is 9.17. The maximum Gasteiger partial charge on any atom is 0.0701 e. The SMILES string of the molecule is CCCCOCCOCCOCCNC1CC1(C)C. The Labute approximate surface area is 118 Å². The Morgan fingerprint density at radius 3 is 2.00 bits per heavy atom. The first-order valence-electron chi connectivity index (χ1n) is 7.63. The van der Waals surface area contributed by atoms with E-state index in [0.29, 0.717) is 37.9 Å². The zero-order valence-corrected chi connectivity index (χ0v) is 12.9. The third-order valence-corrected chi connectivity index (χ3v) is 3.54. The van der Waals surface area contributed by atoms with Crippen LogP contribution < -0.4 is 5.32 Å². The summed E-state index contributed by atoms with van der Waals surface area (Å²) in [7, 11) is 0. The van der Waals surface area contributed by atoms with E-state index >= 15 is 0 Å². The number of rotatable bonds is 13. The summed E-state index contributed by atoms with van der Waals surface area (Å²) in [6.07, 6.45) is 3.60. The average Bonchev–Trinajstić information content (AvgIpc) is 2.98. The Kier molecular flexibility index (Phi) is 8.62. The molecule has 0 aromatic carbocycles. The van der Waals surface area contributed by atoms with E-state index in [1.54, 1.807) is 0 Å². The quantitative estimate of drug-likeness (QED) is 0.522. The van der Waals surface area contributed by atoms with E-state index < -0.39 is 0 Å². The fraction of sp³-hybridized carbons (Fsp3) is 1.00. The standard InChI is InChI=1S/C15H31NO3/c1-4-5-7-17-9-11-19-12-10-18-8-6-16-14-13-15(14,2)3/h14,16H,4-13H2,1-3H3. The summed E-state index contributed by atoms with van der Waals surface area (Å²) < 4.78 is 16.3. The van der Waals surface area contributed by atoms with Gasteiger partial charge < -0.3 is 19.5 Å². The lowest BCUT2D eigenvalue weighted by atomic mass is 10.2. The molecule has 1 rings (SSSR count). The first kappa shape index (κ1) is 16.9. The van der Waals surface area contributed by atoms with Gasteiger partial charge in [-0.15, -0.1) is 0 Å². The Morgan fingerprint density at radius 2 is 1.47 bits per heavy atom. The van der Waals surface area contributed by atoms with Gasteiger partial charge in [0.1, 0.15) is 0 Å². The highest BCUT2D eigenvalue weighted by molar-refractivity contribution is 5.01. The molecule has 1 N–H and O–H groups in total. The van der Waals surface area contributed by atoms with Crippen molar-refractivity contribution >= 4 is 0 Å². The summed E-state index contributed by atoms with van der Waals surface area (Å²) in [6.45, 7) is 12.0. The number of hydrogen-bond acceptors (Lipinski definition) is 4. The van der Waals surface area contributed by atoms with Gasteiger partial charge in [-0.05, 0) is 18.3 Å². The fourth-order valence-electron chi connectivity index (χ4n) is 1.91. The molecule has 0 radical (unpaired) electrons. The fourth-order valence-corrected chi connectivity index (χ4v) is 1.91. The highest BCUT2D eigenvalue weighted by Crippen LogP contribution is 2.44. The van der Waals surface area contributed by atoms with Gasteiger partial charge in [-0.1, -0.05) is 27.2 Å². The summed E-state index contributed by atoms with van der Waals surface area (Å²) in [4.78, 5) is 0. The Bertz CT molecular complexity index is 221. The number of nitrogens with one attached hydrogen (secondary N) is 1. The molecular formula is C15H31NO3. The number of ether oxygens (including phenoxy) is 3. The van der Waals surface area contributed by atoms with E-state index in [4.69, 9.17) is 14.2 Å². The largest absolute Gasteiger partial charge is 0.379 e. The van der Waals surface area contributed by atoms with Crippen molar-refractivity contribution < 1.29 is 14.2 Å². The predicted molar refractivity (Wildman–Crippen MR) is 77.6 cm³/mol. The van der Waals surface area contributed by atoms with Crippen molar-refractivity contribution in [3.05, 3.63) is 0 Å². The Balaban J connectivity index is 1.68. The topological polar surface area (TPSA) is 39.7 Å². The summed E-state index contributed by atoms with van der Waals surface area (Å²) in [5, 5.41) is 3.49. The minimum atomic E-state index is 0.501. The van der Waals surface area contributed by atoms with Gasteiger partial charge in [0.2, 0.25) is 0 Å². The van der Waals surface area contributed by atoms with Crippen LogP contribution in [0.3, 0.4) is 0 Å². The molecule has 1 fully saturated rings. The molecule has 1 aliphatic rings. The van der Waals surface area contributed by atoms with E-state index in [0.717, 1.165) is 26.2 Å². The Hall–Kier alpha value is -0.160. The molecular weight excluding hydrogens is 242 g/mol. The molecule has 0 amide bonds. The van der Waals surface area contributed by atoms with Crippen molar-refractivity contribution in [3.8, 4) is 0 Å². The van der Waals surface area contributed by atoms with Gasteiger partial charge in [0.25, 0.3) is 0 Å². The van der Waals surface area contributed by atoms with Crippen LogP contribution in [-0.4, -0.2) is 52.2 Å². The van der Waals surface area contributed by atoms with Crippen LogP contribution in [0, 0.1) is 5.41 Å². The summed E-state index contributed by atoms with van der Waals surface area (Å²) in [6, 6.07) is 0.688. The number of unbranched alkanes of at least 4 members (excludes halogenated alkanes) is 1. The van der Waals surface area contributed by atoms with Crippen LogP contribution in [0.5, 0.6) is 0 Å². The second kappa shape index (κ2) is 9.70. The predicted octanol–water partition coefficient (Wildman–Crippen LogP) is 2.22. The molecule has 0 bridgehead atoms. The normalized spacial score (nSPS) is 20.7. The van der Waals surface area contributed by atoms with Crippen molar-refractivity contribution in [2.75, 3.05) is 46.2 Å². The molecule has 0 aromatic rings. The summed E-state index contributed by atoms with van der Waals surface area (Å²) in [5.41, 5.74) is 0.501. The highest BCUT2D eigenvalue weighted by atomic mass is 16.5. The molecule has 4 nitrogen and oxygen atoms in total. The van der Waals surface area contributed by atoms with Gasteiger partial charge in [0.15, 0.2) is 0 Å². The van der Waals surface area contributed by atoms with E-state index in [2.05, 4.69) is 26.1 Å².